The van der Waals surface area contributed by atoms with Gasteiger partial charge in [0.2, 0.25) is 0 Å². The molecule has 1 aromatic carbocycles. The van der Waals surface area contributed by atoms with Crippen LogP contribution < -0.4 is 5.73 Å². The topological polar surface area (TPSA) is 82.5 Å². The van der Waals surface area contributed by atoms with E-state index in [4.69, 9.17) is 5.73 Å². The molecule has 2 heterocycles. The number of unbranched alkanes of at least 4 members (excludes halogenated alkanes) is 2. The number of nitrogen functional groups attached to an aromatic ring is 1. The van der Waals surface area contributed by atoms with Crippen molar-refractivity contribution in [1.82, 2.24) is 25.0 Å². The van der Waals surface area contributed by atoms with Gasteiger partial charge in [0.1, 0.15) is 0 Å². The third-order valence-electron chi connectivity index (χ3n) is 3.40. The molecule has 2 N–H and O–H groups in total. The maximum atomic E-state index is 6.00. The molecule has 0 saturated heterocycles. The van der Waals surface area contributed by atoms with Crippen molar-refractivity contribution in [3.63, 3.8) is 0 Å². The molecule has 0 radical (unpaired) electrons. The maximum absolute atomic E-state index is 6.00. The van der Waals surface area contributed by atoms with E-state index in [0.717, 1.165) is 24.9 Å². The minimum Gasteiger partial charge on any atom is -0.382 e. The number of benzene rings is 1. The van der Waals surface area contributed by atoms with Gasteiger partial charge in [-0.15, -0.1) is 5.10 Å². The first-order valence-corrected chi connectivity index (χ1v) is 7.21. The number of anilines is 1. The summed E-state index contributed by atoms with van der Waals surface area (Å²) in [5, 5.41) is 8.24. The lowest BCUT2D eigenvalue weighted by Gasteiger charge is -2.04. The fraction of sp³-hybridized carbons (Fsp3) is 0.333. The standard InChI is InChI=1S/C15H18N6/c1-2-3-7-10-21-15-12(19-20-21)13(16)17-14(18-15)11-8-5-4-6-9-11/h4-6,8-9H,2-3,7,10H2,1H3,(H2,16,17,18). The van der Waals surface area contributed by atoms with Crippen LogP contribution in [0.25, 0.3) is 22.6 Å². The van der Waals surface area contributed by atoms with Crippen LogP contribution in [0.3, 0.4) is 0 Å². The fourth-order valence-electron chi connectivity index (χ4n) is 2.26. The normalized spacial score (nSPS) is 11.1. The summed E-state index contributed by atoms with van der Waals surface area (Å²) in [5.41, 5.74) is 8.21. The summed E-state index contributed by atoms with van der Waals surface area (Å²) in [6.45, 7) is 2.97. The number of nitrogens with two attached hydrogens (primary N) is 1. The van der Waals surface area contributed by atoms with Gasteiger partial charge in [0.15, 0.2) is 22.8 Å². The third kappa shape index (κ3) is 2.69. The van der Waals surface area contributed by atoms with Gasteiger partial charge in [-0.3, -0.25) is 0 Å². The van der Waals surface area contributed by atoms with Crippen LogP contribution in [0.1, 0.15) is 26.2 Å². The Hall–Kier alpha value is -2.50. The van der Waals surface area contributed by atoms with E-state index in [0.29, 0.717) is 22.8 Å². The van der Waals surface area contributed by atoms with Gasteiger partial charge in [-0.2, -0.15) is 0 Å². The largest absolute Gasteiger partial charge is 0.382 e. The molecule has 3 rings (SSSR count). The summed E-state index contributed by atoms with van der Waals surface area (Å²) < 4.78 is 1.81. The first-order chi connectivity index (χ1) is 10.3. The predicted octanol–water partition coefficient (Wildman–Crippen LogP) is 2.66. The lowest BCUT2D eigenvalue weighted by Crippen LogP contribution is -2.03. The van der Waals surface area contributed by atoms with Gasteiger partial charge < -0.3 is 5.73 Å². The minimum atomic E-state index is 0.376. The van der Waals surface area contributed by atoms with Crippen LogP contribution in [0.15, 0.2) is 30.3 Å². The Balaban J connectivity index is 2.02. The van der Waals surface area contributed by atoms with Crippen LogP contribution in [0.2, 0.25) is 0 Å². The molecule has 3 aromatic rings. The van der Waals surface area contributed by atoms with E-state index in [-0.39, 0.29) is 0 Å². The molecule has 0 fully saturated rings. The second-order valence-electron chi connectivity index (χ2n) is 4.99. The molecule has 0 unspecified atom stereocenters. The second-order valence-corrected chi connectivity index (χ2v) is 4.99. The number of aromatic nitrogens is 5. The highest BCUT2D eigenvalue weighted by Gasteiger charge is 2.13. The molecule has 0 aliphatic heterocycles. The van der Waals surface area contributed by atoms with Crippen molar-refractivity contribution in [2.24, 2.45) is 0 Å². The van der Waals surface area contributed by atoms with Crippen molar-refractivity contribution >= 4 is 17.0 Å². The minimum absolute atomic E-state index is 0.376. The zero-order valence-corrected chi connectivity index (χ0v) is 12.0. The Labute approximate surface area is 123 Å². The molecule has 21 heavy (non-hydrogen) atoms. The van der Waals surface area contributed by atoms with Crippen LogP contribution in [-0.4, -0.2) is 25.0 Å². The van der Waals surface area contributed by atoms with Gasteiger partial charge in [-0.25, -0.2) is 14.6 Å². The molecule has 0 bridgehead atoms. The Bertz CT molecular complexity index is 735. The quantitative estimate of drug-likeness (QED) is 0.727. The number of nitrogens with zero attached hydrogens (tertiary/aromatic N) is 5. The van der Waals surface area contributed by atoms with Gasteiger partial charge in [0.05, 0.1) is 0 Å². The molecule has 0 aliphatic carbocycles. The maximum Gasteiger partial charge on any atom is 0.184 e. The molecule has 2 aromatic heterocycles. The monoisotopic (exact) mass is 282 g/mol. The number of hydrogen-bond donors (Lipinski definition) is 1. The first-order valence-electron chi connectivity index (χ1n) is 7.21. The molecule has 6 nitrogen and oxygen atoms in total. The van der Waals surface area contributed by atoms with Gasteiger partial charge in [-0.05, 0) is 6.42 Å². The van der Waals surface area contributed by atoms with Crippen LogP contribution in [0.5, 0.6) is 0 Å². The van der Waals surface area contributed by atoms with Crippen molar-refractivity contribution < 1.29 is 0 Å². The summed E-state index contributed by atoms with van der Waals surface area (Å²) in [5.74, 6) is 0.986. The van der Waals surface area contributed by atoms with E-state index in [1.807, 2.05) is 35.0 Å². The molecule has 0 amide bonds. The molecule has 0 saturated carbocycles. The van der Waals surface area contributed by atoms with Crippen molar-refractivity contribution in [3.8, 4) is 11.4 Å². The molecule has 0 spiro atoms. The SMILES string of the molecule is CCCCCn1nnc2c(N)nc(-c3ccccc3)nc21. The van der Waals surface area contributed by atoms with Gasteiger partial charge in [-0.1, -0.05) is 55.3 Å². The van der Waals surface area contributed by atoms with Crippen molar-refractivity contribution in [3.05, 3.63) is 30.3 Å². The van der Waals surface area contributed by atoms with Gasteiger partial charge in [0, 0.05) is 12.1 Å². The average Bonchev–Trinajstić information content (AvgIpc) is 2.92. The van der Waals surface area contributed by atoms with E-state index in [9.17, 15) is 0 Å². The van der Waals surface area contributed by atoms with E-state index in [1.165, 1.54) is 6.42 Å². The zero-order valence-electron chi connectivity index (χ0n) is 12.0. The molecule has 0 atom stereocenters. The number of rotatable bonds is 5. The predicted molar refractivity (Wildman–Crippen MR) is 82.5 cm³/mol. The van der Waals surface area contributed by atoms with E-state index in [1.54, 1.807) is 0 Å². The molecular formula is C15H18N6. The molecule has 108 valence electrons. The van der Waals surface area contributed by atoms with Crippen LogP contribution in [0, 0.1) is 0 Å². The van der Waals surface area contributed by atoms with Crippen molar-refractivity contribution in [2.75, 3.05) is 5.73 Å². The summed E-state index contributed by atoms with van der Waals surface area (Å²) in [6, 6.07) is 9.80. The summed E-state index contributed by atoms with van der Waals surface area (Å²) in [4.78, 5) is 8.92. The highest BCUT2D eigenvalue weighted by Crippen LogP contribution is 2.21. The highest BCUT2D eigenvalue weighted by atomic mass is 15.4. The lowest BCUT2D eigenvalue weighted by atomic mass is 10.2. The summed E-state index contributed by atoms with van der Waals surface area (Å²) in [7, 11) is 0. The zero-order chi connectivity index (χ0) is 14.7. The van der Waals surface area contributed by atoms with Gasteiger partial charge >= 0.3 is 0 Å². The number of fused-ring (bicyclic) bond motifs is 1. The molecule has 6 heteroatoms. The first kappa shape index (κ1) is 13.5. The Kier molecular flexibility index (Phi) is 3.77. The highest BCUT2D eigenvalue weighted by molar-refractivity contribution is 5.82. The summed E-state index contributed by atoms with van der Waals surface area (Å²) >= 11 is 0. The van der Waals surface area contributed by atoms with Crippen molar-refractivity contribution in [2.45, 2.75) is 32.7 Å². The fourth-order valence-corrected chi connectivity index (χ4v) is 2.26. The van der Waals surface area contributed by atoms with E-state index < -0.39 is 0 Å². The number of aryl methyl sites for hydroxylation is 1. The average molecular weight is 282 g/mol. The Morgan fingerprint density at radius 3 is 2.67 bits per heavy atom. The van der Waals surface area contributed by atoms with Crippen LogP contribution in [0.4, 0.5) is 5.82 Å². The van der Waals surface area contributed by atoms with Crippen LogP contribution >= 0.6 is 0 Å². The van der Waals surface area contributed by atoms with Crippen LogP contribution in [-0.2, 0) is 6.54 Å². The molecule has 0 aliphatic rings. The Morgan fingerprint density at radius 2 is 1.90 bits per heavy atom. The van der Waals surface area contributed by atoms with Crippen molar-refractivity contribution in [1.29, 1.82) is 0 Å². The number of hydrogen-bond acceptors (Lipinski definition) is 5. The second kappa shape index (κ2) is 5.87. The van der Waals surface area contributed by atoms with Gasteiger partial charge in [0.25, 0.3) is 0 Å². The molecular weight excluding hydrogens is 264 g/mol. The Morgan fingerprint density at radius 1 is 1.10 bits per heavy atom. The smallest absolute Gasteiger partial charge is 0.184 e. The van der Waals surface area contributed by atoms with E-state index in [2.05, 4.69) is 27.2 Å². The summed E-state index contributed by atoms with van der Waals surface area (Å²) in [6.07, 6.45) is 3.38. The third-order valence-corrected chi connectivity index (χ3v) is 3.40. The van der Waals surface area contributed by atoms with E-state index >= 15 is 0 Å². The lowest BCUT2D eigenvalue weighted by molar-refractivity contribution is 0.547.